The van der Waals surface area contributed by atoms with Gasteiger partial charge in [0.2, 0.25) is 5.91 Å². The Hall–Kier alpha value is -2.39. The number of aromatic nitrogens is 2. The van der Waals surface area contributed by atoms with Gasteiger partial charge in [-0.3, -0.25) is 19.5 Å². The van der Waals surface area contributed by atoms with E-state index in [-0.39, 0.29) is 11.6 Å². The van der Waals surface area contributed by atoms with E-state index in [0.717, 1.165) is 11.8 Å². The highest BCUT2D eigenvalue weighted by atomic mass is 32.2. The molecule has 1 aromatic heterocycles. The minimum Gasteiger partial charge on any atom is -0.383 e. The van der Waals surface area contributed by atoms with Crippen molar-refractivity contribution in [3.63, 3.8) is 0 Å². The maximum atomic E-state index is 12.9. The third-order valence-electron chi connectivity index (χ3n) is 3.52. The number of para-hydroxylation sites is 1. The van der Waals surface area contributed by atoms with Gasteiger partial charge in [0.25, 0.3) is 5.56 Å². The molecular weight excluding hydrogens is 344 g/mol. The lowest BCUT2D eigenvalue weighted by Crippen LogP contribution is -2.39. The number of nitrogens with one attached hydrogen (secondary N) is 1. The number of carbonyl (C=O) groups excluding carboxylic acids is 2. The zero-order valence-electron chi connectivity index (χ0n) is 14.2. The lowest BCUT2D eigenvalue weighted by atomic mass is 10.2. The number of nitrogens with two attached hydrogens (primary N) is 1. The highest BCUT2D eigenvalue weighted by molar-refractivity contribution is 8.00. The molecule has 8 nitrogen and oxygen atoms in total. The number of ether oxygens (including phenoxy) is 1. The average Bonchev–Trinajstić information content (AvgIpc) is 2.54. The summed E-state index contributed by atoms with van der Waals surface area (Å²) < 4.78 is 6.65. The third kappa shape index (κ3) is 4.37. The highest BCUT2D eigenvalue weighted by Crippen LogP contribution is 2.25. The number of fused-ring (bicyclic) bond motifs is 1. The quantitative estimate of drug-likeness (QED) is 0.589. The Bertz CT molecular complexity index is 852. The summed E-state index contributed by atoms with van der Waals surface area (Å²) in [6.07, 6.45) is 0. The lowest BCUT2D eigenvalue weighted by molar-refractivity contribution is -0.119. The van der Waals surface area contributed by atoms with Crippen LogP contribution in [0.25, 0.3) is 10.9 Å². The summed E-state index contributed by atoms with van der Waals surface area (Å²) in [5.74, 6) is -0.550. The van der Waals surface area contributed by atoms with Crippen molar-refractivity contribution < 1.29 is 14.3 Å². The van der Waals surface area contributed by atoms with Gasteiger partial charge in [-0.25, -0.2) is 9.78 Å². The lowest BCUT2D eigenvalue weighted by Gasteiger charge is -2.20. The Labute approximate surface area is 148 Å². The minimum absolute atomic E-state index is 0.208. The van der Waals surface area contributed by atoms with E-state index in [1.54, 1.807) is 38.3 Å². The second-order valence-electron chi connectivity index (χ2n) is 5.50. The molecule has 1 heterocycles. The number of benzene rings is 1. The van der Waals surface area contributed by atoms with Crippen LogP contribution in [-0.4, -0.2) is 40.5 Å². The summed E-state index contributed by atoms with van der Waals surface area (Å²) in [5, 5.41) is 2.23. The van der Waals surface area contributed by atoms with Gasteiger partial charge in [0, 0.05) is 7.11 Å². The largest absolute Gasteiger partial charge is 0.383 e. The molecule has 0 fully saturated rings. The van der Waals surface area contributed by atoms with Crippen molar-refractivity contribution >= 4 is 34.6 Å². The Kier molecular flexibility index (Phi) is 6.16. The van der Waals surface area contributed by atoms with E-state index >= 15 is 0 Å². The first-order valence-corrected chi connectivity index (χ1v) is 8.50. The summed E-state index contributed by atoms with van der Waals surface area (Å²) in [5.41, 5.74) is 5.31. The molecule has 2 atom stereocenters. The molecule has 0 saturated heterocycles. The summed E-state index contributed by atoms with van der Waals surface area (Å²) in [4.78, 5) is 40.2. The summed E-state index contributed by atoms with van der Waals surface area (Å²) in [7, 11) is 1.55. The van der Waals surface area contributed by atoms with E-state index in [9.17, 15) is 14.4 Å². The molecule has 1 aromatic carbocycles. The van der Waals surface area contributed by atoms with Crippen LogP contribution in [0.1, 0.15) is 19.9 Å². The Morgan fingerprint density at radius 1 is 1.36 bits per heavy atom. The van der Waals surface area contributed by atoms with Gasteiger partial charge in [-0.05, 0) is 26.0 Å². The molecular formula is C16H20N4O4S. The predicted octanol–water partition coefficient (Wildman–Crippen LogP) is 1.28. The van der Waals surface area contributed by atoms with Crippen LogP contribution < -0.4 is 16.6 Å². The number of urea groups is 1. The molecule has 134 valence electrons. The monoisotopic (exact) mass is 364 g/mol. The molecule has 3 N–H and O–H groups in total. The van der Waals surface area contributed by atoms with Gasteiger partial charge >= 0.3 is 6.03 Å². The van der Waals surface area contributed by atoms with E-state index in [2.05, 4.69) is 4.98 Å². The molecule has 0 saturated carbocycles. The first kappa shape index (κ1) is 18.9. The molecule has 0 unspecified atom stereocenters. The van der Waals surface area contributed by atoms with Crippen molar-refractivity contribution in [2.24, 2.45) is 5.73 Å². The Morgan fingerprint density at radius 3 is 2.68 bits per heavy atom. The molecule has 0 radical (unpaired) electrons. The van der Waals surface area contributed by atoms with E-state index in [0.29, 0.717) is 22.7 Å². The maximum Gasteiger partial charge on any atom is 0.318 e. The Balaban J connectivity index is 2.49. The van der Waals surface area contributed by atoms with Gasteiger partial charge in [0.1, 0.15) is 0 Å². The fourth-order valence-electron chi connectivity index (χ4n) is 2.35. The number of carbonyl (C=O) groups is 2. The first-order chi connectivity index (χ1) is 11.8. The maximum absolute atomic E-state index is 12.9. The van der Waals surface area contributed by atoms with Gasteiger partial charge in [-0.1, -0.05) is 23.9 Å². The standard InChI is InChI=1S/C16H20N4O4S/c1-9(8-24-3)20-14(22)11-6-4-5-7-12(11)18-16(20)25-10(2)13(21)19-15(17)23/h4-7,9-10H,8H2,1-3H3,(H3,17,19,21,23)/t9-,10+/m1/s1. The number of imide groups is 1. The summed E-state index contributed by atoms with van der Waals surface area (Å²) >= 11 is 1.08. The van der Waals surface area contributed by atoms with Crippen LogP contribution in [0, 0.1) is 0 Å². The fraction of sp³-hybridized carbons (Fsp3) is 0.375. The van der Waals surface area contributed by atoms with Gasteiger partial charge in [-0.2, -0.15) is 0 Å². The molecule has 0 spiro atoms. The number of amides is 3. The van der Waals surface area contributed by atoms with Crippen LogP contribution in [0.2, 0.25) is 0 Å². The molecule has 2 aromatic rings. The van der Waals surface area contributed by atoms with Crippen molar-refractivity contribution in [3.8, 4) is 0 Å². The predicted molar refractivity (Wildman–Crippen MR) is 95.6 cm³/mol. The summed E-state index contributed by atoms with van der Waals surface area (Å²) in [6.45, 7) is 3.75. The van der Waals surface area contributed by atoms with Crippen LogP contribution in [-0.2, 0) is 9.53 Å². The molecule has 0 aliphatic heterocycles. The number of primary amides is 1. The minimum atomic E-state index is -0.922. The molecule has 25 heavy (non-hydrogen) atoms. The van der Waals surface area contributed by atoms with E-state index in [1.807, 2.05) is 12.2 Å². The first-order valence-electron chi connectivity index (χ1n) is 7.62. The second-order valence-corrected chi connectivity index (χ2v) is 6.81. The van der Waals surface area contributed by atoms with E-state index in [4.69, 9.17) is 10.5 Å². The molecule has 2 rings (SSSR count). The number of hydrogen-bond acceptors (Lipinski definition) is 6. The van der Waals surface area contributed by atoms with Crippen LogP contribution in [0.3, 0.4) is 0 Å². The normalized spacial score (nSPS) is 13.4. The highest BCUT2D eigenvalue weighted by Gasteiger charge is 2.22. The van der Waals surface area contributed by atoms with Crippen LogP contribution >= 0.6 is 11.8 Å². The number of nitrogens with zero attached hydrogens (tertiary/aromatic N) is 2. The van der Waals surface area contributed by atoms with Crippen molar-refractivity contribution in [3.05, 3.63) is 34.6 Å². The van der Waals surface area contributed by atoms with Gasteiger partial charge in [0.15, 0.2) is 5.16 Å². The third-order valence-corrected chi connectivity index (χ3v) is 4.59. The molecule has 0 aliphatic rings. The molecule has 0 bridgehead atoms. The number of hydrogen-bond donors (Lipinski definition) is 2. The Morgan fingerprint density at radius 2 is 2.04 bits per heavy atom. The van der Waals surface area contributed by atoms with Crippen molar-refractivity contribution in [2.45, 2.75) is 30.3 Å². The molecule has 0 aliphatic carbocycles. The zero-order valence-corrected chi connectivity index (χ0v) is 15.0. The zero-order chi connectivity index (χ0) is 18.6. The number of rotatable bonds is 6. The van der Waals surface area contributed by atoms with Crippen molar-refractivity contribution in [2.75, 3.05) is 13.7 Å². The topological polar surface area (TPSA) is 116 Å². The van der Waals surface area contributed by atoms with Crippen molar-refractivity contribution in [1.29, 1.82) is 0 Å². The second kappa shape index (κ2) is 8.13. The van der Waals surface area contributed by atoms with Gasteiger partial charge < -0.3 is 10.5 Å². The molecule has 3 amide bonds. The number of methoxy groups -OCH3 is 1. The van der Waals surface area contributed by atoms with Gasteiger partial charge in [-0.15, -0.1) is 0 Å². The van der Waals surface area contributed by atoms with E-state index in [1.165, 1.54) is 4.57 Å². The van der Waals surface area contributed by atoms with Gasteiger partial charge in [0.05, 0.1) is 28.8 Å². The van der Waals surface area contributed by atoms with Crippen LogP contribution in [0.4, 0.5) is 4.79 Å². The van der Waals surface area contributed by atoms with E-state index < -0.39 is 17.2 Å². The smallest absolute Gasteiger partial charge is 0.318 e. The van der Waals surface area contributed by atoms with Crippen LogP contribution in [0.15, 0.2) is 34.2 Å². The fourth-order valence-corrected chi connectivity index (χ4v) is 3.36. The average molecular weight is 364 g/mol. The SMILES string of the molecule is COC[C@@H](C)n1c(S[C@@H](C)C(=O)NC(N)=O)nc2ccccc2c1=O. The number of thioether (sulfide) groups is 1. The molecule has 9 heteroatoms. The van der Waals surface area contributed by atoms with Crippen molar-refractivity contribution in [1.82, 2.24) is 14.9 Å². The van der Waals surface area contributed by atoms with Crippen LogP contribution in [0.5, 0.6) is 0 Å². The summed E-state index contributed by atoms with van der Waals surface area (Å²) in [6, 6.07) is 5.80.